The Morgan fingerprint density at radius 1 is 1.06 bits per heavy atom. The highest BCUT2D eigenvalue weighted by molar-refractivity contribution is 5.96. The molecule has 7 N–H and O–H groups in total. The van der Waals surface area contributed by atoms with Crippen LogP contribution in [0.5, 0.6) is 5.75 Å². The van der Waals surface area contributed by atoms with Gasteiger partial charge in [0.15, 0.2) is 0 Å². The Balaban J connectivity index is 2.27. The number of benzene rings is 1. The number of hydrogen-bond donors (Lipinski definition) is 6. The predicted octanol–water partition coefficient (Wildman–Crippen LogP) is -0.172. The molecule has 0 spiro atoms. The fourth-order valence-corrected chi connectivity index (χ4v) is 3.99. The minimum absolute atomic E-state index is 0.00768. The zero-order valence-corrected chi connectivity index (χ0v) is 20.3. The number of carboxylic acids is 2. The van der Waals surface area contributed by atoms with Gasteiger partial charge in [0.05, 0.1) is 12.5 Å². The lowest BCUT2D eigenvalue weighted by Crippen LogP contribution is -2.58. The second-order valence-electron chi connectivity index (χ2n) is 9.03. The number of hydrogen-bond acceptors (Lipinski definition) is 7. The molecule has 0 aromatic heterocycles. The Hall–Kier alpha value is -3.67. The fourth-order valence-electron chi connectivity index (χ4n) is 3.99. The Kier molecular flexibility index (Phi) is 10.2. The number of aromatic hydroxyl groups is 1. The number of nitrogens with one attached hydrogen (secondary N) is 2. The van der Waals surface area contributed by atoms with Crippen molar-refractivity contribution < 1.29 is 39.3 Å². The van der Waals surface area contributed by atoms with Crippen LogP contribution < -0.4 is 16.4 Å². The number of aliphatic carboxylic acids is 2. The van der Waals surface area contributed by atoms with Crippen LogP contribution in [0.1, 0.15) is 45.1 Å². The molecule has 1 aliphatic rings. The second-order valence-corrected chi connectivity index (χ2v) is 9.03. The summed E-state index contributed by atoms with van der Waals surface area (Å²) in [5.41, 5.74) is 6.58. The summed E-state index contributed by atoms with van der Waals surface area (Å²) in [4.78, 5) is 63.0. The van der Waals surface area contributed by atoms with Gasteiger partial charge in [-0.2, -0.15) is 0 Å². The molecule has 0 saturated carbocycles. The number of rotatable bonds is 12. The van der Waals surface area contributed by atoms with Crippen molar-refractivity contribution in [3.63, 3.8) is 0 Å². The van der Waals surface area contributed by atoms with Crippen molar-refractivity contribution >= 4 is 29.7 Å². The van der Waals surface area contributed by atoms with E-state index in [9.17, 15) is 39.3 Å². The van der Waals surface area contributed by atoms with Gasteiger partial charge in [-0.15, -0.1) is 0 Å². The first-order valence-electron chi connectivity index (χ1n) is 11.8. The normalized spacial score (nSPS) is 18.5. The van der Waals surface area contributed by atoms with E-state index in [2.05, 4.69) is 10.6 Å². The van der Waals surface area contributed by atoms with E-state index < -0.39 is 60.2 Å². The third-order valence-electron chi connectivity index (χ3n) is 6.38. The molecule has 1 saturated heterocycles. The summed E-state index contributed by atoms with van der Waals surface area (Å²) in [6.07, 6.45) is 0.491. The van der Waals surface area contributed by atoms with E-state index in [4.69, 9.17) is 5.73 Å². The highest BCUT2D eigenvalue weighted by atomic mass is 16.4. The maximum atomic E-state index is 13.2. The highest BCUT2D eigenvalue weighted by Crippen LogP contribution is 2.19. The first kappa shape index (κ1) is 28.6. The maximum Gasteiger partial charge on any atom is 0.326 e. The Labute approximate surface area is 208 Å². The van der Waals surface area contributed by atoms with Gasteiger partial charge in [0, 0.05) is 13.0 Å². The van der Waals surface area contributed by atoms with E-state index in [0.717, 1.165) is 4.90 Å². The third kappa shape index (κ3) is 7.67. The van der Waals surface area contributed by atoms with Crippen molar-refractivity contribution in [2.45, 2.75) is 70.1 Å². The zero-order chi connectivity index (χ0) is 27.0. The lowest BCUT2D eigenvalue weighted by molar-refractivity contribution is -0.150. The number of carbonyl (C=O) groups is 5. The Morgan fingerprint density at radius 3 is 2.22 bits per heavy atom. The number of phenolic OH excluding ortho intramolecular Hbond substituents is 1. The maximum absolute atomic E-state index is 13.2. The van der Waals surface area contributed by atoms with Crippen LogP contribution in [0.3, 0.4) is 0 Å². The molecule has 5 unspecified atom stereocenters. The monoisotopic (exact) mass is 506 g/mol. The van der Waals surface area contributed by atoms with Crippen molar-refractivity contribution in [2.75, 3.05) is 6.54 Å². The van der Waals surface area contributed by atoms with Gasteiger partial charge in [0.1, 0.15) is 23.9 Å². The molecule has 12 nitrogen and oxygen atoms in total. The summed E-state index contributed by atoms with van der Waals surface area (Å²) in [6, 6.07) is 1.18. The number of amides is 3. The summed E-state index contributed by atoms with van der Waals surface area (Å²) in [5.74, 6) is -4.97. The number of carboxylic acid groups (broad SMARTS) is 2. The topological polar surface area (TPSA) is 199 Å². The molecule has 0 aliphatic carbocycles. The summed E-state index contributed by atoms with van der Waals surface area (Å²) in [6.45, 7) is 3.78. The van der Waals surface area contributed by atoms with Gasteiger partial charge in [0.2, 0.25) is 17.7 Å². The van der Waals surface area contributed by atoms with Gasteiger partial charge in [-0.25, -0.2) is 4.79 Å². The minimum atomic E-state index is -1.53. The van der Waals surface area contributed by atoms with Crippen molar-refractivity contribution in [2.24, 2.45) is 11.7 Å². The van der Waals surface area contributed by atoms with Gasteiger partial charge >= 0.3 is 11.9 Å². The second kappa shape index (κ2) is 12.9. The average molecular weight is 507 g/mol. The van der Waals surface area contributed by atoms with Crippen molar-refractivity contribution in [1.29, 1.82) is 0 Å². The van der Waals surface area contributed by atoms with E-state index in [1.54, 1.807) is 19.1 Å². The molecule has 3 amide bonds. The molecular formula is C24H34N4O8. The van der Waals surface area contributed by atoms with Gasteiger partial charge in [0.25, 0.3) is 0 Å². The predicted molar refractivity (Wildman–Crippen MR) is 128 cm³/mol. The van der Waals surface area contributed by atoms with Crippen molar-refractivity contribution in [1.82, 2.24) is 15.5 Å². The number of carbonyl (C=O) groups excluding carboxylic acids is 3. The molecule has 198 valence electrons. The van der Waals surface area contributed by atoms with E-state index in [-0.39, 0.29) is 31.1 Å². The van der Waals surface area contributed by atoms with Crippen LogP contribution in [-0.4, -0.2) is 80.6 Å². The fraction of sp³-hybridized carbons (Fsp3) is 0.542. The van der Waals surface area contributed by atoms with Crippen molar-refractivity contribution in [3.05, 3.63) is 29.8 Å². The van der Waals surface area contributed by atoms with Gasteiger partial charge < -0.3 is 36.6 Å². The Bertz CT molecular complexity index is 967. The molecule has 1 fully saturated rings. The molecule has 1 heterocycles. The molecule has 0 bridgehead atoms. The quantitative estimate of drug-likeness (QED) is 0.223. The van der Waals surface area contributed by atoms with Crippen LogP contribution >= 0.6 is 0 Å². The number of likely N-dealkylation sites (tertiary alicyclic amines) is 1. The first-order chi connectivity index (χ1) is 16.9. The molecular weight excluding hydrogens is 472 g/mol. The molecule has 1 aliphatic heterocycles. The number of nitrogens with two attached hydrogens (primary N) is 1. The van der Waals surface area contributed by atoms with Gasteiger partial charge in [-0.1, -0.05) is 32.4 Å². The minimum Gasteiger partial charge on any atom is -0.508 e. The van der Waals surface area contributed by atoms with Crippen LogP contribution in [0.4, 0.5) is 0 Å². The van der Waals surface area contributed by atoms with Crippen LogP contribution in [0.25, 0.3) is 0 Å². The zero-order valence-electron chi connectivity index (χ0n) is 20.3. The Morgan fingerprint density at radius 2 is 1.67 bits per heavy atom. The largest absolute Gasteiger partial charge is 0.508 e. The summed E-state index contributed by atoms with van der Waals surface area (Å²) < 4.78 is 0. The molecule has 0 radical (unpaired) electrons. The lowest BCUT2D eigenvalue weighted by atomic mass is 9.98. The van der Waals surface area contributed by atoms with Crippen LogP contribution in [0.15, 0.2) is 24.3 Å². The van der Waals surface area contributed by atoms with Crippen LogP contribution in [0.2, 0.25) is 0 Å². The molecule has 36 heavy (non-hydrogen) atoms. The molecule has 1 aromatic rings. The average Bonchev–Trinajstić information content (AvgIpc) is 3.33. The smallest absolute Gasteiger partial charge is 0.326 e. The van der Waals surface area contributed by atoms with Gasteiger partial charge in [-0.3, -0.25) is 19.2 Å². The molecule has 5 atom stereocenters. The third-order valence-corrected chi connectivity index (χ3v) is 6.38. The molecule has 1 aromatic carbocycles. The summed E-state index contributed by atoms with van der Waals surface area (Å²) in [5, 5.41) is 33.2. The summed E-state index contributed by atoms with van der Waals surface area (Å²) >= 11 is 0. The van der Waals surface area contributed by atoms with Crippen LogP contribution in [-0.2, 0) is 30.4 Å². The SMILES string of the molecule is CCC(C)C(N)C(=O)NC(Cc1ccc(O)cc1)C(=O)NC(CC(=O)O)C(=O)N1CCCC1C(=O)O. The van der Waals surface area contributed by atoms with E-state index >= 15 is 0 Å². The first-order valence-corrected chi connectivity index (χ1v) is 11.8. The number of nitrogens with zero attached hydrogens (tertiary/aromatic N) is 1. The standard InChI is InChI=1S/C24H34N4O8/c1-3-13(2)20(25)22(33)26-16(11-14-6-8-15(29)9-7-14)21(32)27-17(12-19(30)31)23(34)28-10-4-5-18(28)24(35)36/h6-9,13,16-18,20,29H,3-5,10-12,25H2,1-2H3,(H,26,33)(H,27,32)(H,30,31)(H,35,36). The van der Waals surface area contributed by atoms with E-state index in [1.165, 1.54) is 12.1 Å². The van der Waals surface area contributed by atoms with E-state index in [1.807, 2.05) is 6.92 Å². The highest BCUT2D eigenvalue weighted by Gasteiger charge is 2.39. The number of phenols is 1. The molecule has 2 rings (SSSR count). The lowest BCUT2D eigenvalue weighted by Gasteiger charge is -2.28. The van der Waals surface area contributed by atoms with Crippen LogP contribution in [0, 0.1) is 5.92 Å². The van der Waals surface area contributed by atoms with Gasteiger partial charge in [-0.05, 0) is 36.5 Å². The van der Waals surface area contributed by atoms with Crippen molar-refractivity contribution in [3.8, 4) is 5.75 Å². The summed E-state index contributed by atoms with van der Waals surface area (Å²) in [7, 11) is 0. The molecule has 12 heteroatoms. The van der Waals surface area contributed by atoms with E-state index in [0.29, 0.717) is 18.4 Å².